The van der Waals surface area contributed by atoms with Crippen LogP contribution in [0.25, 0.3) is 0 Å². The summed E-state index contributed by atoms with van der Waals surface area (Å²) >= 11 is 0. The molecule has 1 rings (SSSR count). The Balaban J connectivity index is 2.74. The highest BCUT2D eigenvalue weighted by atomic mass is 31.2. The molecular formula is C12H19N2O3P. The Morgan fingerprint density at radius 1 is 1.22 bits per heavy atom. The third-order valence-electron chi connectivity index (χ3n) is 2.13. The summed E-state index contributed by atoms with van der Waals surface area (Å²) in [6, 6.07) is 9.60. The van der Waals surface area contributed by atoms with Crippen LogP contribution in [0.15, 0.2) is 35.4 Å². The van der Waals surface area contributed by atoms with Crippen molar-refractivity contribution in [3.63, 3.8) is 0 Å². The Labute approximate surface area is 108 Å². The van der Waals surface area contributed by atoms with E-state index in [-0.39, 0.29) is 0 Å². The fourth-order valence-electron chi connectivity index (χ4n) is 1.32. The molecule has 1 N–H and O–H groups in total. The van der Waals surface area contributed by atoms with Crippen molar-refractivity contribution in [3.05, 3.63) is 35.9 Å². The zero-order valence-electron chi connectivity index (χ0n) is 10.9. The molecule has 0 radical (unpaired) electrons. The topological polar surface area (TPSA) is 59.9 Å². The molecule has 0 amide bonds. The summed E-state index contributed by atoms with van der Waals surface area (Å²) in [4.78, 5) is 0. The largest absolute Gasteiger partial charge is 0.448 e. The summed E-state index contributed by atoms with van der Waals surface area (Å²) in [7, 11) is -3.33. The van der Waals surface area contributed by atoms with Crippen LogP contribution in [0.4, 0.5) is 0 Å². The molecule has 0 aliphatic carbocycles. The van der Waals surface area contributed by atoms with Crippen LogP contribution >= 0.6 is 7.75 Å². The van der Waals surface area contributed by atoms with Gasteiger partial charge in [-0.2, -0.15) is 5.10 Å². The number of nitrogens with zero attached hydrogens (tertiary/aromatic N) is 1. The molecule has 0 aliphatic heterocycles. The molecular weight excluding hydrogens is 251 g/mol. The molecule has 0 atom stereocenters. The zero-order valence-corrected chi connectivity index (χ0v) is 11.8. The van der Waals surface area contributed by atoms with Crippen molar-refractivity contribution in [1.29, 1.82) is 0 Å². The van der Waals surface area contributed by atoms with E-state index in [1.165, 1.54) is 0 Å². The molecule has 1 aromatic rings. The Kier molecular flexibility index (Phi) is 6.05. The highest BCUT2D eigenvalue weighted by molar-refractivity contribution is 7.51. The first kappa shape index (κ1) is 14.9. The highest BCUT2D eigenvalue weighted by Crippen LogP contribution is 2.43. The van der Waals surface area contributed by atoms with Gasteiger partial charge in [0.15, 0.2) is 0 Å². The lowest BCUT2D eigenvalue weighted by Crippen LogP contribution is -2.11. The van der Waals surface area contributed by atoms with E-state index in [9.17, 15) is 4.57 Å². The van der Waals surface area contributed by atoms with E-state index in [1.807, 2.05) is 37.3 Å². The number of benzene rings is 1. The molecule has 6 heteroatoms. The van der Waals surface area contributed by atoms with Gasteiger partial charge < -0.3 is 0 Å². The number of rotatable bonds is 7. The third-order valence-corrected chi connectivity index (χ3v) is 3.67. The lowest BCUT2D eigenvalue weighted by atomic mass is 10.1. The first-order valence-corrected chi connectivity index (χ1v) is 7.41. The van der Waals surface area contributed by atoms with E-state index in [0.717, 1.165) is 11.3 Å². The van der Waals surface area contributed by atoms with Crippen LogP contribution in [0.3, 0.4) is 0 Å². The number of hydrogen-bond acceptors (Lipinski definition) is 4. The van der Waals surface area contributed by atoms with Crippen molar-refractivity contribution < 1.29 is 13.6 Å². The summed E-state index contributed by atoms with van der Waals surface area (Å²) in [6.45, 7) is 5.92. The van der Waals surface area contributed by atoms with Gasteiger partial charge in [0.2, 0.25) is 0 Å². The average Bonchev–Trinajstić information content (AvgIpc) is 2.38. The standard InChI is InChI=1S/C12H19N2O3P/c1-4-16-18(15,17-5-2)14-13-11(3)12-9-7-6-8-10-12/h6-10H,4-5H2,1-3H3,(H,14,15)/b13-11+. The zero-order chi connectivity index (χ0) is 13.4. The van der Waals surface area contributed by atoms with E-state index in [4.69, 9.17) is 9.05 Å². The van der Waals surface area contributed by atoms with Crippen molar-refractivity contribution in [3.8, 4) is 0 Å². The predicted molar refractivity (Wildman–Crippen MR) is 72.6 cm³/mol. The summed E-state index contributed by atoms with van der Waals surface area (Å²) in [6.07, 6.45) is 0. The van der Waals surface area contributed by atoms with Gasteiger partial charge in [-0.3, -0.25) is 9.05 Å². The van der Waals surface area contributed by atoms with Gasteiger partial charge in [-0.25, -0.2) is 9.76 Å². The molecule has 0 saturated heterocycles. The van der Waals surface area contributed by atoms with Gasteiger partial charge in [-0.05, 0) is 26.3 Å². The van der Waals surface area contributed by atoms with Crippen LogP contribution in [0.1, 0.15) is 26.3 Å². The van der Waals surface area contributed by atoms with Crippen LogP contribution in [0.2, 0.25) is 0 Å². The van der Waals surface area contributed by atoms with Crippen molar-refractivity contribution in [2.24, 2.45) is 5.10 Å². The summed E-state index contributed by atoms with van der Waals surface area (Å²) in [5.41, 5.74) is 1.67. The van der Waals surface area contributed by atoms with Gasteiger partial charge in [0.1, 0.15) is 0 Å². The fourth-order valence-corrected chi connectivity index (χ4v) is 2.46. The molecule has 1 aromatic carbocycles. The van der Waals surface area contributed by atoms with Crippen LogP contribution < -0.4 is 5.20 Å². The molecule has 0 fully saturated rings. The predicted octanol–water partition coefficient (Wildman–Crippen LogP) is 3.18. The average molecular weight is 270 g/mol. The number of hydrazone groups is 1. The normalized spacial score (nSPS) is 12.5. The molecule has 0 aliphatic rings. The minimum absolute atomic E-state index is 0.296. The maximum atomic E-state index is 12.1. The van der Waals surface area contributed by atoms with Crippen LogP contribution in [-0.2, 0) is 13.6 Å². The van der Waals surface area contributed by atoms with E-state index in [2.05, 4.69) is 10.3 Å². The third kappa shape index (κ3) is 4.61. The number of nitrogens with one attached hydrogen (secondary N) is 1. The molecule has 0 heterocycles. The molecule has 0 unspecified atom stereocenters. The van der Waals surface area contributed by atoms with Crippen LogP contribution in [-0.4, -0.2) is 18.9 Å². The van der Waals surface area contributed by atoms with Gasteiger partial charge in [0, 0.05) is 0 Å². The minimum atomic E-state index is -3.33. The quantitative estimate of drug-likeness (QED) is 0.469. The summed E-state index contributed by atoms with van der Waals surface area (Å²) < 4.78 is 22.2. The second kappa shape index (κ2) is 7.31. The maximum absolute atomic E-state index is 12.1. The minimum Gasteiger partial charge on any atom is -0.292 e. The number of hydrogen-bond donors (Lipinski definition) is 1. The maximum Gasteiger partial charge on any atom is 0.448 e. The highest BCUT2D eigenvalue weighted by Gasteiger charge is 2.22. The van der Waals surface area contributed by atoms with Gasteiger partial charge in [0.25, 0.3) is 0 Å². The molecule has 0 bridgehead atoms. The Hall–Kier alpha value is -1.16. The second-order valence-electron chi connectivity index (χ2n) is 3.50. The Bertz CT molecular complexity index is 424. The first-order valence-electron chi connectivity index (χ1n) is 5.87. The molecule has 18 heavy (non-hydrogen) atoms. The summed E-state index contributed by atoms with van der Waals surface area (Å²) in [5.74, 6) is 0. The van der Waals surface area contributed by atoms with Crippen LogP contribution in [0, 0.1) is 0 Å². The molecule has 5 nitrogen and oxygen atoms in total. The van der Waals surface area contributed by atoms with Gasteiger partial charge >= 0.3 is 7.75 Å². The van der Waals surface area contributed by atoms with Crippen molar-refractivity contribution in [1.82, 2.24) is 5.20 Å². The van der Waals surface area contributed by atoms with E-state index >= 15 is 0 Å². The summed E-state index contributed by atoms with van der Waals surface area (Å²) in [5, 5.41) is 6.55. The molecule has 100 valence electrons. The Morgan fingerprint density at radius 3 is 2.28 bits per heavy atom. The molecule has 0 aromatic heterocycles. The smallest absolute Gasteiger partial charge is 0.292 e. The Morgan fingerprint density at radius 2 is 1.78 bits per heavy atom. The van der Waals surface area contributed by atoms with E-state index in [1.54, 1.807) is 13.8 Å². The molecule has 0 spiro atoms. The second-order valence-corrected chi connectivity index (χ2v) is 5.21. The van der Waals surface area contributed by atoms with E-state index in [0.29, 0.717) is 13.2 Å². The first-order chi connectivity index (χ1) is 8.61. The van der Waals surface area contributed by atoms with Crippen LogP contribution in [0.5, 0.6) is 0 Å². The van der Waals surface area contributed by atoms with E-state index < -0.39 is 7.75 Å². The van der Waals surface area contributed by atoms with Crippen molar-refractivity contribution >= 4 is 13.5 Å². The monoisotopic (exact) mass is 270 g/mol. The van der Waals surface area contributed by atoms with Gasteiger partial charge in [-0.1, -0.05) is 30.3 Å². The fraction of sp³-hybridized carbons (Fsp3) is 0.417. The lowest BCUT2D eigenvalue weighted by Gasteiger charge is -2.15. The lowest BCUT2D eigenvalue weighted by molar-refractivity contribution is 0.211. The van der Waals surface area contributed by atoms with Gasteiger partial charge in [0.05, 0.1) is 18.9 Å². The van der Waals surface area contributed by atoms with Crippen molar-refractivity contribution in [2.45, 2.75) is 20.8 Å². The SMILES string of the molecule is CCOP(=O)(N/N=C(\C)c1ccccc1)OCC. The van der Waals surface area contributed by atoms with Crippen molar-refractivity contribution in [2.75, 3.05) is 13.2 Å². The molecule has 0 saturated carbocycles. The van der Waals surface area contributed by atoms with Gasteiger partial charge in [-0.15, -0.1) is 0 Å².